The minimum atomic E-state index is 0.0264. The van der Waals surface area contributed by atoms with Crippen molar-refractivity contribution in [3.8, 4) is 0 Å². The zero-order chi connectivity index (χ0) is 13.7. The van der Waals surface area contributed by atoms with E-state index in [9.17, 15) is 4.79 Å². The topological polar surface area (TPSA) is 32.3 Å². The minimum Gasteiger partial charge on any atom is -0.337 e. The molecule has 0 spiro atoms. The molecule has 0 saturated carbocycles. The first-order valence-corrected chi connectivity index (χ1v) is 7.28. The molecule has 1 aliphatic heterocycles. The number of amides is 1. The van der Waals surface area contributed by atoms with Gasteiger partial charge in [-0.15, -0.1) is 0 Å². The quantitative estimate of drug-likeness (QED) is 0.902. The van der Waals surface area contributed by atoms with E-state index in [-0.39, 0.29) is 11.9 Å². The zero-order valence-corrected chi connectivity index (χ0v) is 12.0. The Morgan fingerprint density at radius 3 is 2.89 bits per heavy atom. The number of rotatable bonds is 4. The van der Waals surface area contributed by atoms with Crippen LogP contribution in [-0.2, 0) is 11.3 Å². The van der Waals surface area contributed by atoms with Gasteiger partial charge in [0.2, 0.25) is 5.91 Å². The number of aryl methyl sites for hydroxylation is 1. The number of carbonyl (C=O) groups is 1. The van der Waals surface area contributed by atoms with Crippen molar-refractivity contribution in [1.29, 1.82) is 0 Å². The van der Waals surface area contributed by atoms with E-state index in [4.69, 9.17) is 0 Å². The van der Waals surface area contributed by atoms with Crippen LogP contribution in [0, 0.1) is 6.92 Å². The number of hydrogen-bond acceptors (Lipinski definition) is 2. The van der Waals surface area contributed by atoms with Crippen molar-refractivity contribution in [3.63, 3.8) is 0 Å². The number of hydrogen-bond donors (Lipinski definition) is 1. The van der Waals surface area contributed by atoms with Crippen LogP contribution in [0.15, 0.2) is 24.3 Å². The standard InChI is InChI=1S/C16H24N2O/c1-3-18(12-14-8-6-7-13(2)11-14)16(19)15-9-4-5-10-17-15/h6-8,11,15,17H,3-5,9-10,12H2,1-2H3/t15-/m1/s1. The Morgan fingerprint density at radius 2 is 2.26 bits per heavy atom. The van der Waals surface area contributed by atoms with Gasteiger partial charge in [0.15, 0.2) is 0 Å². The molecule has 0 aliphatic carbocycles. The Labute approximate surface area is 116 Å². The van der Waals surface area contributed by atoms with Crippen LogP contribution in [0.4, 0.5) is 0 Å². The molecule has 3 nitrogen and oxygen atoms in total. The van der Waals surface area contributed by atoms with Crippen molar-refractivity contribution in [2.45, 2.75) is 45.7 Å². The molecular formula is C16H24N2O. The van der Waals surface area contributed by atoms with E-state index in [0.717, 1.165) is 32.5 Å². The smallest absolute Gasteiger partial charge is 0.239 e. The van der Waals surface area contributed by atoms with Crippen LogP contribution >= 0.6 is 0 Å². The zero-order valence-electron chi connectivity index (χ0n) is 12.0. The van der Waals surface area contributed by atoms with Gasteiger partial charge >= 0.3 is 0 Å². The van der Waals surface area contributed by atoms with Gasteiger partial charge in [0.05, 0.1) is 6.04 Å². The number of benzene rings is 1. The molecule has 0 aromatic heterocycles. The molecule has 1 aliphatic rings. The highest BCUT2D eigenvalue weighted by molar-refractivity contribution is 5.82. The lowest BCUT2D eigenvalue weighted by Crippen LogP contribution is -2.48. The predicted octanol–water partition coefficient (Wildman–Crippen LogP) is 2.49. The molecule has 0 bridgehead atoms. The van der Waals surface area contributed by atoms with E-state index in [1.54, 1.807) is 0 Å². The third-order valence-electron chi connectivity index (χ3n) is 3.76. The molecule has 1 N–H and O–H groups in total. The maximum absolute atomic E-state index is 12.5. The molecule has 0 unspecified atom stereocenters. The maximum atomic E-state index is 12.5. The van der Waals surface area contributed by atoms with Crippen molar-refractivity contribution in [2.75, 3.05) is 13.1 Å². The van der Waals surface area contributed by atoms with Crippen LogP contribution in [0.3, 0.4) is 0 Å². The highest BCUT2D eigenvalue weighted by Crippen LogP contribution is 2.13. The number of nitrogens with one attached hydrogen (secondary N) is 1. The summed E-state index contributed by atoms with van der Waals surface area (Å²) in [5.74, 6) is 0.253. The molecule has 1 atom stereocenters. The van der Waals surface area contributed by atoms with Crippen LogP contribution in [0.2, 0.25) is 0 Å². The summed E-state index contributed by atoms with van der Waals surface area (Å²) in [6, 6.07) is 8.42. The second-order valence-corrected chi connectivity index (χ2v) is 5.34. The van der Waals surface area contributed by atoms with Gasteiger partial charge in [0.25, 0.3) is 0 Å². The monoisotopic (exact) mass is 260 g/mol. The molecule has 1 fully saturated rings. The Bertz CT molecular complexity index is 425. The highest BCUT2D eigenvalue weighted by Gasteiger charge is 2.24. The fraction of sp³-hybridized carbons (Fsp3) is 0.562. The lowest BCUT2D eigenvalue weighted by atomic mass is 10.0. The van der Waals surface area contributed by atoms with E-state index >= 15 is 0 Å². The average molecular weight is 260 g/mol. The van der Waals surface area contributed by atoms with Crippen molar-refractivity contribution < 1.29 is 4.79 Å². The second-order valence-electron chi connectivity index (χ2n) is 5.34. The van der Waals surface area contributed by atoms with Crippen LogP contribution in [-0.4, -0.2) is 29.9 Å². The summed E-state index contributed by atoms with van der Waals surface area (Å²) >= 11 is 0. The first-order chi connectivity index (χ1) is 9.20. The largest absolute Gasteiger partial charge is 0.337 e. The van der Waals surface area contributed by atoms with Crippen LogP contribution < -0.4 is 5.32 Å². The Balaban J connectivity index is 2.00. The van der Waals surface area contributed by atoms with Gasteiger partial charge in [-0.2, -0.15) is 0 Å². The fourth-order valence-electron chi connectivity index (χ4n) is 2.66. The molecular weight excluding hydrogens is 236 g/mol. The fourth-order valence-corrected chi connectivity index (χ4v) is 2.66. The predicted molar refractivity (Wildman–Crippen MR) is 77.9 cm³/mol. The molecule has 19 heavy (non-hydrogen) atoms. The van der Waals surface area contributed by atoms with Gasteiger partial charge in [0, 0.05) is 13.1 Å². The number of piperidine rings is 1. The molecule has 1 heterocycles. The van der Waals surface area contributed by atoms with Crippen molar-refractivity contribution in [2.24, 2.45) is 0 Å². The molecule has 3 heteroatoms. The Morgan fingerprint density at radius 1 is 1.42 bits per heavy atom. The van der Waals surface area contributed by atoms with Gasteiger partial charge in [-0.3, -0.25) is 4.79 Å². The number of nitrogens with zero attached hydrogens (tertiary/aromatic N) is 1. The molecule has 104 valence electrons. The van der Waals surface area contributed by atoms with Gasteiger partial charge < -0.3 is 10.2 Å². The van der Waals surface area contributed by atoms with Crippen LogP contribution in [0.5, 0.6) is 0 Å². The third kappa shape index (κ3) is 3.80. The van der Waals surface area contributed by atoms with Gasteiger partial charge in [-0.1, -0.05) is 36.2 Å². The maximum Gasteiger partial charge on any atom is 0.239 e. The summed E-state index contributed by atoms with van der Waals surface area (Å²) < 4.78 is 0. The lowest BCUT2D eigenvalue weighted by Gasteiger charge is -2.29. The molecule has 2 rings (SSSR count). The number of carbonyl (C=O) groups excluding carboxylic acids is 1. The van der Waals surface area contributed by atoms with Gasteiger partial charge in [0.1, 0.15) is 0 Å². The Kier molecular flexibility index (Phi) is 4.97. The van der Waals surface area contributed by atoms with Crippen LogP contribution in [0.1, 0.15) is 37.3 Å². The molecule has 0 radical (unpaired) electrons. The Hall–Kier alpha value is -1.35. The summed E-state index contributed by atoms with van der Waals surface area (Å²) in [5.41, 5.74) is 2.46. The van der Waals surface area contributed by atoms with Gasteiger partial charge in [-0.25, -0.2) is 0 Å². The molecule has 1 saturated heterocycles. The van der Waals surface area contributed by atoms with Crippen molar-refractivity contribution >= 4 is 5.91 Å². The molecule has 1 aromatic carbocycles. The lowest BCUT2D eigenvalue weighted by molar-refractivity contribution is -0.134. The van der Waals surface area contributed by atoms with Crippen molar-refractivity contribution in [3.05, 3.63) is 35.4 Å². The second kappa shape index (κ2) is 6.71. The first kappa shape index (κ1) is 14.1. The van der Waals surface area contributed by atoms with E-state index < -0.39 is 0 Å². The van der Waals surface area contributed by atoms with E-state index in [1.807, 2.05) is 4.90 Å². The summed E-state index contributed by atoms with van der Waals surface area (Å²) in [7, 11) is 0. The normalized spacial score (nSPS) is 19.2. The SMILES string of the molecule is CCN(Cc1cccc(C)c1)C(=O)[C@H]1CCCCN1. The van der Waals surface area contributed by atoms with Crippen LogP contribution in [0.25, 0.3) is 0 Å². The molecule has 1 amide bonds. The van der Waals surface area contributed by atoms with E-state index in [1.165, 1.54) is 17.5 Å². The highest BCUT2D eigenvalue weighted by atomic mass is 16.2. The summed E-state index contributed by atoms with van der Waals surface area (Å²) in [4.78, 5) is 14.4. The first-order valence-electron chi connectivity index (χ1n) is 7.28. The summed E-state index contributed by atoms with van der Waals surface area (Å²) in [6.45, 7) is 6.60. The third-order valence-corrected chi connectivity index (χ3v) is 3.76. The molecule has 1 aromatic rings. The van der Waals surface area contributed by atoms with E-state index in [2.05, 4.69) is 43.4 Å². The average Bonchev–Trinajstić information content (AvgIpc) is 2.45. The number of likely N-dealkylation sites (N-methyl/N-ethyl adjacent to an activating group) is 1. The van der Waals surface area contributed by atoms with E-state index in [0.29, 0.717) is 0 Å². The summed E-state index contributed by atoms with van der Waals surface area (Å²) in [5, 5.41) is 3.34. The summed E-state index contributed by atoms with van der Waals surface area (Å²) in [6.07, 6.45) is 3.32. The van der Waals surface area contributed by atoms with Crippen molar-refractivity contribution in [1.82, 2.24) is 10.2 Å². The minimum absolute atomic E-state index is 0.0264. The van der Waals surface area contributed by atoms with Gasteiger partial charge in [-0.05, 0) is 38.8 Å².